The Morgan fingerprint density at radius 1 is 1.38 bits per heavy atom. The molecule has 118 valence electrons. The van der Waals surface area contributed by atoms with E-state index in [1.165, 1.54) is 19.2 Å². The van der Waals surface area contributed by atoms with Crippen LogP contribution in [0, 0.1) is 5.82 Å². The number of halogens is 1. The summed E-state index contributed by atoms with van der Waals surface area (Å²) in [5.74, 6) is -0.945. The lowest BCUT2D eigenvalue weighted by molar-refractivity contribution is -0.120. The molecule has 0 aliphatic carbocycles. The van der Waals surface area contributed by atoms with Crippen molar-refractivity contribution in [3.05, 3.63) is 30.1 Å². The first-order valence-corrected chi connectivity index (χ1v) is 8.10. The number of anilines is 1. The lowest BCUT2D eigenvalue weighted by Crippen LogP contribution is -2.44. The van der Waals surface area contributed by atoms with Gasteiger partial charge in [0.1, 0.15) is 12.4 Å². The summed E-state index contributed by atoms with van der Waals surface area (Å²) in [7, 11) is -2.15. The molecule has 21 heavy (non-hydrogen) atoms. The molecule has 0 aliphatic heterocycles. The van der Waals surface area contributed by atoms with Gasteiger partial charge in [-0.25, -0.2) is 12.8 Å². The zero-order chi connectivity index (χ0) is 16.0. The van der Waals surface area contributed by atoms with Crippen molar-refractivity contribution in [1.82, 2.24) is 5.32 Å². The molecule has 0 spiro atoms. The second-order valence-electron chi connectivity index (χ2n) is 4.67. The lowest BCUT2D eigenvalue weighted by atomic mass is 10.3. The van der Waals surface area contributed by atoms with Crippen LogP contribution >= 0.6 is 0 Å². The van der Waals surface area contributed by atoms with Crippen molar-refractivity contribution in [1.29, 1.82) is 0 Å². The van der Waals surface area contributed by atoms with E-state index in [9.17, 15) is 17.6 Å². The first kappa shape index (κ1) is 17.4. The molecule has 8 heteroatoms. The molecule has 1 atom stereocenters. The molecule has 1 rings (SSSR count). The second-order valence-corrected chi connectivity index (χ2v) is 6.58. The van der Waals surface area contributed by atoms with E-state index >= 15 is 0 Å². The summed E-state index contributed by atoms with van der Waals surface area (Å²) in [5, 5.41) is 2.62. The van der Waals surface area contributed by atoms with Crippen molar-refractivity contribution in [2.45, 2.75) is 13.0 Å². The fraction of sp³-hybridized carbons (Fsp3) is 0.462. The molecule has 0 fully saturated rings. The number of hydrogen-bond acceptors (Lipinski definition) is 4. The van der Waals surface area contributed by atoms with E-state index in [4.69, 9.17) is 4.74 Å². The maximum absolute atomic E-state index is 12.9. The largest absolute Gasteiger partial charge is 0.383 e. The highest BCUT2D eigenvalue weighted by molar-refractivity contribution is 7.92. The quantitative estimate of drug-likeness (QED) is 0.805. The van der Waals surface area contributed by atoms with Gasteiger partial charge in [0.05, 0.1) is 18.6 Å². The van der Waals surface area contributed by atoms with Crippen LogP contribution in [0.15, 0.2) is 24.3 Å². The standard InChI is InChI=1S/C13H19FN2O4S/c1-10(9-20-2)15-13(17)8-16(21(3,18)19)12-6-4-11(14)5-7-12/h4-7,10H,8-9H2,1-3H3,(H,15,17)/t10-/m0/s1. The molecule has 1 aromatic carbocycles. The van der Waals surface area contributed by atoms with E-state index in [0.29, 0.717) is 6.61 Å². The number of ether oxygens (including phenoxy) is 1. The normalized spacial score (nSPS) is 12.8. The molecular formula is C13H19FN2O4S. The monoisotopic (exact) mass is 318 g/mol. The SMILES string of the molecule is COC[C@H](C)NC(=O)CN(c1ccc(F)cc1)S(C)(=O)=O. The van der Waals surface area contributed by atoms with Gasteiger partial charge in [-0.15, -0.1) is 0 Å². The first-order valence-electron chi connectivity index (χ1n) is 6.25. The molecule has 0 saturated carbocycles. The third-order valence-corrected chi connectivity index (χ3v) is 3.77. The van der Waals surface area contributed by atoms with E-state index in [-0.39, 0.29) is 18.3 Å². The number of nitrogens with one attached hydrogen (secondary N) is 1. The van der Waals surface area contributed by atoms with Crippen LogP contribution in [0.5, 0.6) is 0 Å². The van der Waals surface area contributed by atoms with Gasteiger partial charge < -0.3 is 10.1 Å². The number of rotatable bonds is 7. The minimum Gasteiger partial charge on any atom is -0.383 e. The zero-order valence-electron chi connectivity index (χ0n) is 12.2. The number of carbonyl (C=O) groups is 1. The summed E-state index contributed by atoms with van der Waals surface area (Å²) in [6.45, 7) is 1.68. The van der Waals surface area contributed by atoms with Crippen LogP contribution in [0.3, 0.4) is 0 Å². The van der Waals surface area contributed by atoms with Crippen LogP contribution in [0.4, 0.5) is 10.1 Å². The van der Waals surface area contributed by atoms with Crippen molar-refractivity contribution in [3.8, 4) is 0 Å². The van der Waals surface area contributed by atoms with Gasteiger partial charge >= 0.3 is 0 Å². The Balaban J connectivity index is 2.86. The number of hydrogen-bond donors (Lipinski definition) is 1. The van der Waals surface area contributed by atoms with Gasteiger partial charge in [-0.05, 0) is 31.2 Å². The van der Waals surface area contributed by atoms with E-state index in [2.05, 4.69) is 5.32 Å². The summed E-state index contributed by atoms with van der Waals surface area (Å²) in [5.41, 5.74) is 0.230. The third-order valence-electron chi connectivity index (χ3n) is 2.63. The molecule has 0 aliphatic rings. The predicted molar refractivity (Wildman–Crippen MR) is 78.1 cm³/mol. The lowest BCUT2D eigenvalue weighted by Gasteiger charge is -2.23. The summed E-state index contributed by atoms with van der Waals surface area (Å²) in [6, 6.07) is 4.65. The minimum absolute atomic E-state index is 0.230. The molecule has 1 amide bonds. The average molecular weight is 318 g/mol. The Morgan fingerprint density at radius 3 is 2.43 bits per heavy atom. The molecule has 0 radical (unpaired) electrons. The van der Waals surface area contributed by atoms with E-state index in [1.54, 1.807) is 6.92 Å². The molecule has 6 nitrogen and oxygen atoms in total. The van der Waals surface area contributed by atoms with Crippen LogP contribution in [-0.2, 0) is 19.6 Å². The van der Waals surface area contributed by atoms with Crippen molar-refractivity contribution in [2.24, 2.45) is 0 Å². The van der Waals surface area contributed by atoms with Crippen molar-refractivity contribution in [3.63, 3.8) is 0 Å². The Kier molecular flexibility index (Phi) is 6.10. The highest BCUT2D eigenvalue weighted by atomic mass is 32.2. The number of benzene rings is 1. The number of sulfonamides is 1. The molecule has 1 N–H and O–H groups in total. The topological polar surface area (TPSA) is 75.7 Å². The smallest absolute Gasteiger partial charge is 0.241 e. The van der Waals surface area contributed by atoms with Crippen LogP contribution in [0.2, 0.25) is 0 Å². The van der Waals surface area contributed by atoms with E-state index < -0.39 is 21.7 Å². The fourth-order valence-corrected chi connectivity index (χ4v) is 2.61. The molecule has 0 unspecified atom stereocenters. The van der Waals surface area contributed by atoms with Gasteiger partial charge in [0.15, 0.2) is 0 Å². The highest BCUT2D eigenvalue weighted by Gasteiger charge is 2.21. The summed E-state index contributed by atoms with van der Waals surface area (Å²) >= 11 is 0. The fourth-order valence-electron chi connectivity index (χ4n) is 1.75. The summed E-state index contributed by atoms with van der Waals surface area (Å²) in [4.78, 5) is 11.9. The predicted octanol–water partition coefficient (Wildman–Crippen LogP) is 0.743. The number of carbonyl (C=O) groups excluding carboxylic acids is 1. The number of amides is 1. The van der Waals surface area contributed by atoms with Gasteiger partial charge in [0.25, 0.3) is 0 Å². The Labute approximate surface area is 123 Å². The van der Waals surface area contributed by atoms with Gasteiger partial charge in [-0.3, -0.25) is 9.10 Å². The molecule has 1 aromatic rings. The van der Waals surface area contributed by atoms with E-state index in [1.807, 2.05) is 0 Å². The Hall–Kier alpha value is -1.67. The van der Waals surface area contributed by atoms with Crippen LogP contribution in [0.1, 0.15) is 6.92 Å². The van der Waals surface area contributed by atoms with Gasteiger partial charge in [0.2, 0.25) is 15.9 Å². The molecule has 0 heterocycles. The van der Waals surface area contributed by atoms with Crippen molar-refractivity contribution in [2.75, 3.05) is 30.8 Å². The van der Waals surface area contributed by atoms with Gasteiger partial charge in [-0.1, -0.05) is 0 Å². The average Bonchev–Trinajstić information content (AvgIpc) is 2.36. The molecular weight excluding hydrogens is 299 g/mol. The van der Waals surface area contributed by atoms with Crippen molar-refractivity contribution >= 4 is 21.6 Å². The summed E-state index contributed by atoms with van der Waals surface area (Å²) < 4.78 is 42.3. The third kappa shape index (κ3) is 5.68. The maximum Gasteiger partial charge on any atom is 0.241 e. The van der Waals surface area contributed by atoms with Crippen LogP contribution in [0.25, 0.3) is 0 Å². The zero-order valence-corrected chi connectivity index (χ0v) is 13.0. The van der Waals surface area contributed by atoms with Crippen molar-refractivity contribution < 1.29 is 22.3 Å². The van der Waals surface area contributed by atoms with Gasteiger partial charge in [-0.2, -0.15) is 0 Å². The highest BCUT2D eigenvalue weighted by Crippen LogP contribution is 2.17. The van der Waals surface area contributed by atoms with Crippen LogP contribution < -0.4 is 9.62 Å². The number of methoxy groups -OCH3 is 1. The van der Waals surface area contributed by atoms with Gasteiger partial charge in [0, 0.05) is 13.2 Å². The molecule has 0 saturated heterocycles. The number of nitrogens with zero attached hydrogens (tertiary/aromatic N) is 1. The first-order chi connectivity index (χ1) is 9.74. The Morgan fingerprint density at radius 2 is 1.95 bits per heavy atom. The molecule has 0 aromatic heterocycles. The Bertz CT molecular complexity index is 574. The minimum atomic E-state index is -3.66. The summed E-state index contributed by atoms with van der Waals surface area (Å²) in [6.07, 6.45) is 0.988. The van der Waals surface area contributed by atoms with E-state index in [0.717, 1.165) is 22.7 Å². The molecule has 0 bridgehead atoms. The van der Waals surface area contributed by atoms with Crippen LogP contribution in [-0.4, -0.2) is 46.9 Å². The maximum atomic E-state index is 12.9. The second kappa shape index (κ2) is 7.37.